The Morgan fingerprint density at radius 1 is 1.04 bits per heavy atom. The van der Waals surface area contributed by atoms with Gasteiger partial charge >= 0.3 is 11.9 Å². The number of aliphatic carboxylic acids is 1. The van der Waals surface area contributed by atoms with Crippen LogP contribution < -0.4 is 10.6 Å². The topological polar surface area (TPSA) is 184 Å². The highest BCUT2D eigenvalue weighted by Gasteiger charge is 2.44. The molecule has 1 saturated carbocycles. The van der Waals surface area contributed by atoms with Gasteiger partial charge in [0.2, 0.25) is 11.8 Å². The summed E-state index contributed by atoms with van der Waals surface area (Å²) in [5.74, 6) is -1.87. The second kappa shape index (κ2) is 17.0. The fourth-order valence-corrected chi connectivity index (χ4v) is 8.19. The summed E-state index contributed by atoms with van der Waals surface area (Å²) in [5, 5.41) is 17.5. The SMILES string of the molecule is CC(=O)O[C@H](C[C@H](C(C)C)N(C)C(=O)[C@@H](NC(=O)[C@H]1CC2CCN1CC2)C1CC1)c1nc(C(=O)N[C@@H](Cc2ncccn2)C[C@H](C)C(=O)O)cs1. The van der Waals surface area contributed by atoms with Gasteiger partial charge in [0.1, 0.15) is 22.6 Å². The Bertz CT molecular complexity index is 1540. The van der Waals surface area contributed by atoms with Gasteiger partial charge in [0.15, 0.2) is 6.10 Å². The number of rotatable bonds is 17. The summed E-state index contributed by atoms with van der Waals surface area (Å²) in [6, 6.07) is -0.0807. The zero-order chi connectivity index (χ0) is 36.8. The van der Waals surface area contributed by atoms with Crippen LogP contribution in [0, 0.1) is 23.7 Å². The number of piperidine rings is 3. The number of ether oxygens (including phenoxy) is 1. The quantitative estimate of drug-likeness (QED) is 0.204. The number of carbonyl (C=O) groups is 5. The highest BCUT2D eigenvalue weighted by Crippen LogP contribution is 2.37. The van der Waals surface area contributed by atoms with Crippen LogP contribution in [0.25, 0.3) is 0 Å². The van der Waals surface area contributed by atoms with E-state index in [0.717, 1.165) is 45.2 Å². The van der Waals surface area contributed by atoms with E-state index >= 15 is 0 Å². The zero-order valence-corrected chi connectivity index (χ0v) is 30.9. The van der Waals surface area contributed by atoms with Crippen molar-refractivity contribution in [3.05, 3.63) is 40.4 Å². The summed E-state index contributed by atoms with van der Waals surface area (Å²) >= 11 is 1.17. The van der Waals surface area contributed by atoms with E-state index in [9.17, 15) is 29.1 Å². The Labute approximate surface area is 303 Å². The molecule has 278 valence electrons. The molecule has 2 bridgehead atoms. The molecule has 3 N–H and O–H groups in total. The van der Waals surface area contributed by atoms with Crippen LogP contribution in [0.3, 0.4) is 0 Å². The molecule has 0 aromatic carbocycles. The summed E-state index contributed by atoms with van der Waals surface area (Å²) in [6.45, 7) is 8.71. The van der Waals surface area contributed by atoms with E-state index in [2.05, 4.69) is 30.5 Å². The molecule has 0 spiro atoms. The van der Waals surface area contributed by atoms with Crippen LogP contribution in [0.4, 0.5) is 0 Å². The number of nitrogens with zero attached hydrogens (tertiary/aromatic N) is 5. The molecule has 2 aromatic rings. The number of fused-ring (bicyclic) bond motifs is 3. The highest BCUT2D eigenvalue weighted by atomic mass is 32.1. The summed E-state index contributed by atoms with van der Waals surface area (Å²) in [7, 11) is 1.74. The Balaban J connectivity index is 1.28. The number of thiazole rings is 1. The maximum absolute atomic E-state index is 14.1. The van der Waals surface area contributed by atoms with Crippen molar-refractivity contribution in [1.29, 1.82) is 0 Å². The van der Waals surface area contributed by atoms with Crippen LogP contribution in [0.5, 0.6) is 0 Å². The average molecular weight is 726 g/mol. The van der Waals surface area contributed by atoms with Gasteiger partial charge in [0.25, 0.3) is 5.91 Å². The van der Waals surface area contributed by atoms with Gasteiger partial charge < -0.3 is 25.4 Å². The van der Waals surface area contributed by atoms with Crippen molar-refractivity contribution >= 4 is 41.0 Å². The monoisotopic (exact) mass is 725 g/mol. The molecule has 5 heterocycles. The predicted octanol–water partition coefficient (Wildman–Crippen LogP) is 3.24. The number of esters is 1. The summed E-state index contributed by atoms with van der Waals surface area (Å²) in [6.07, 6.45) is 7.80. The van der Waals surface area contributed by atoms with Crippen LogP contribution in [0.2, 0.25) is 0 Å². The molecule has 3 aliphatic heterocycles. The Kier molecular flexibility index (Phi) is 12.8. The molecule has 3 amide bonds. The van der Waals surface area contributed by atoms with Crippen molar-refractivity contribution in [3.63, 3.8) is 0 Å². The van der Waals surface area contributed by atoms with Crippen LogP contribution in [-0.2, 0) is 30.3 Å². The first-order valence-corrected chi connectivity index (χ1v) is 18.9. The van der Waals surface area contributed by atoms with Crippen LogP contribution in [-0.4, -0.2) is 104 Å². The number of carboxylic acid groups (broad SMARTS) is 1. The Morgan fingerprint density at radius 2 is 1.73 bits per heavy atom. The lowest BCUT2D eigenvalue weighted by Crippen LogP contribution is -2.59. The van der Waals surface area contributed by atoms with Gasteiger partial charge in [-0.3, -0.25) is 28.9 Å². The van der Waals surface area contributed by atoms with E-state index in [1.54, 1.807) is 42.7 Å². The summed E-state index contributed by atoms with van der Waals surface area (Å²) < 4.78 is 5.75. The minimum Gasteiger partial charge on any atom is -0.481 e. The summed E-state index contributed by atoms with van der Waals surface area (Å²) in [5.41, 5.74) is 0.100. The van der Waals surface area contributed by atoms with Gasteiger partial charge in [-0.2, -0.15) is 0 Å². The second-order valence-corrected chi connectivity index (χ2v) is 15.6. The molecular weight excluding hydrogens is 675 g/mol. The standard InChI is InChI=1S/C36H51N7O7S/c1-20(2)27(42(5)35(47)31(24-7-8-24)41-33(46)28-16-23-9-13-43(28)14-10-23)18-29(50-22(4)44)34-40-26(19-51-34)32(45)39-25(15-21(3)36(48)49)17-30-37-11-6-12-38-30/h6,11-12,19-21,23-25,27-29,31H,7-10,13-18H2,1-5H3,(H,39,45)(H,41,46)(H,48,49)/t21-,25+,27+,28+,29+,31-/m0/s1. The van der Waals surface area contributed by atoms with Gasteiger partial charge in [0.05, 0.1) is 12.0 Å². The molecule has 4 fully saturated rings. The number of hydrogen-bond acceptors (Lipinski definition) is 11. The van der Waals surface area contributed by atoms with Crippen LogP contribution in [0.1, 0.15) is 100 Å². The molecule has 15 heteroatoms. The number of amides is 3. The largest absolute Gasteiger partial charge is 0.481 e. The third-order valence-corrected chi connectivity index (χ3v) is 11.4. The Morgan fingerprint density at radius 3 is 2.29 bits per heavy atom. The van der Waals surface area contributed by atoms with Crippen molar-refractivity contribution in [1.82, 2.24) is 35.4 Å². The number of nitrogens with one attached hydrogen (secondary N) is 2. The molecule has 2 aromatic heterocycles. The van der Waals surface area contributed by atoms with E-state index in [1.807, 2.05) is 13.8 Å². The number of hydrogen-bond donors (Lipinski definition) is 3. The smallest absolute Gasteiger partial charge is 0.306 e. The number of likely N-dealkylation sites (N-methyl/N-ethyl adjacent to an activating group) is 1. The normalized spacial score (nSPS) is 22.7. The average Bonchev–Trinajstić information content (AvgIpc) is 3.83. The van der Waals surface area contributed by atoms with Crippen molar-refractivity contribution < 1.29 is 33.8 Å². The third kappa shape index (κ3) is 10.1. The van der Waals surface area contributed by atoms with Crippen molar-refractivity contribution in [2.24, 2.45) is 23.7 Å². The fraction of sp³-hybridized carbons (Fsp3) is 0.667. The Hall–Kier alpha value is -3.98. The van der Waals surface area contributed by atoms with Crippen LogP contribution >= 0.6 is 11.3 Å². The molecule has 4 aliphatic rings. The first-order chi connectivity index (χ1) is 24.3. The second-order valence-electron chi connectivity index (χ2n) is 14.7. The molecular formula is C36H51N7O7S. The molecule has 0 unspecified atom stereocenters. The third-order valence-electron chi connectivity index (χ3n) is 10.5. The molecule has 51 heavy (non-hydrogen) atoms. The summed E-state index contributed by atoms with van der Waals surface area (Å²) in [4.78, 5) is 81.9. The van der Waals surface area contributed by atoms with Gasteiger partial charge in [-0.15, -0.1) is 11.3 Å². The van der Waals surface area contributed by atoms with E-state index < -0.39 is 42.0 Å². The minimum atomic E-state index is -0.980. The van der Waals surface area contributed by atoms with Crippen LogP contribution in [0.15, 0.2) is 23.8 Å². The van der Waals surface area contributed by atoms with Gasteiger partial charge in [0, 0.05) is 56.7 Å². The van der Waals surface area contributed by atoms with E-state index in [1.165, 1.54) is 18.3 Å². The lowest BCUT2D eigenvalue weighted by molar-refractivity contribution is -0.149. The lowest BCUT2D eigenvalue weighted by Gasteiger charge is -2.45. The predicted molar refractivity (Wildman–Crippen MR) is 188 cm³/mol. The number of carboxylic acids is 1. The maximum atomic E-state index is 14.1. The zero-order valence-electron chi connectivity index (χ0n) is 30.1. The molecule has 14 nitrogen and oxygen atoms in total. The van der Waals surface area contributed by atoms with Gasteiger partial charge in [-0.1, -0.05) is 20.8 Å². The van der Waals surface area contributed by atoms with E-state index in [-0.39, 0.29) is 60.7 Å². The first kappa shape index (κ1) is 38.3. The fourth-order valence-electron chi connectivity index (χ4n) is 7.35. The molecule has 6 atom stereocenters. The van der Waals surface area contributed by atoms with Crippen molar-refractivity contribution in [2.45, 2.75) is 109 Å². The minimum absolute atomic E-state index is 0.0346. The lowest BCUT2D eigenvalue weighted by atomic mass is 9.83. The number of carbonyl (C=O) groups excluding carboxylic acids is 4. The maximum Gasteiger partial charge on any atom is 0.306 e. The molecule has 6 rings (SSSR count). The van der Waals surface area contributed by atoms with Gasteiger partial charge in [-0.05, 0) is 75.4 Å². The van der Waals surface area contributed by atoms with E-state index in [0.29, 0.717) is 16.7 Å². The van der Waals surface area contributed by atoms with Gasteiger partial charge in [-0.25, -0.2) is 15.0 Å². The van der Waals surface area contributed by atoms with E-state index in [4.69, 9.17) is 4.74 Å². The molecule has 3 saturated heterocycles. The van der Waals surface area contributed by atoms with Crippen molar-refractivity contribution in [2.75, 3.05) is 20.1 Å². The van der Waals surface area contributed by atoms with Crippen molar-refractivity contribution in [3.8, 4) is 0 Å². The molecule has 1 aliphatic carbocycles. The highest BCUT2D eigenvalue weighted by molar-refractivity contribution is 7.09. The molecule has 0 radical (unpaired) electrons. The number of aromatic nitrogens is 3. The first-order valence-electron chi connectivity index (χ1n) is 18.0.